The third-order valence-corrected chi connectivity index (χ3v) is 14.3. The molecule has 0 aliphatic carbocycles. The summed E-state index contributed by atoms with van der Waals surface area (Å²) in [5.41, 5.74) is 38.5. The molecule has 0 atom stereocenters. The third kappa shape index (κ3) is 38.7. The van der Waals surface area contributed by atoms with Crippen LogP contribution in [0.5, 0.6) is 0 Å². The molecule has 0 fully saturated rings. The Morgan fingerprint density at radius 3 is 0.831 bits per heavy atom. The molecule has 14 aromatic rings. The standard InChI is InChI=1S/C10H8N2O2.C10H10N2.3C10H7NO2.C10H9N.C7H8N2O.C7H7NO.C4H6O3.C4H6O2.4C2H6.CH3.Y/c11-7-3-1-6-2-4-8(10(13)14)12-9(6)5-7;1-7-2-3-8-4-5-9(11)6-10(8)12-7;3*12-10(13)9-6-5-7-3-1-2-4-8(7)11-9;1-8-6-7-9-4-2-3-5-10(9)11-8;8-6-2-1-5(4-10)7(9)3-6;8-7-4-2-1-3-6(7)5-9;1-3(5)4(6)7-2;1-3(5)4(2)6;4*1-2;;/h1-5H,11H2,(H,13,14);2-6H,11H2,1H3;3*1-6H,(H,12,13);2-7H,1H3;1-4H,8-9H2;1-5H,8H2;1-2H3;1-2H3;4*1-2H3;1H3;/q;;;;;;;;;;;;;;-1;. The Kier molecular flexibility index (Phi) is 52.9. The summed E-state index contributed by atoms with van der Waals surface area (Å²) in [4.78, 5) is 127. The number of ketones is 3. The zero-order valence-corrected chi connectivity index (χ0v) is 71.6. The molecule has 0 saturated heterocycles. The van der Waals surface area contributed by atoms with E-state index in [0.29, 0.717) is 62.2 Å². The molecule has 27 heteroatoms. The van der Waals surface area contributed by atoms with E-state index in [0.717, 1.165) is 68.2 Å². The molecule has 0 spiro atoms. The second kappa shape index (κ2) is 58.8. The van der Waals surface area contributed by atoms with Crippen molar-refractivity contribution in [3.8, 4) is 0 Å². The van der Waals surface area contributed by atoms with Crippen LogP contribution in [0, 0.1) is 21.3 Å². The first kappa shape index (κ1) is 106. The van der Waals surface area contributed by atoms with Crippen LogP contribution in [0.4, 0.5) is 28.4 Å². The third-order valence-electron chi connectivity index (χ3n) is 14.3. The maximum absolute atomic E-state index is 10.6. The predicted molar refractivity (Wildman–Crippen MR) is 469 cm³/mol. The Hall–Kier alpha value is -14.0. The number of nitrogen functional groups attached to an aromatic ring is 5. The van der Waals surface area contributed by atoms with Gasteiger partial charge in [-0.25, -0.2) is 43.9 Å². The van der Waals surface area contributed by atoms with Crippen molar-refractivity contribution >= 4 is 154 Å². The van der Waals surface area contributed by atoms with Crippen molar-refractivity contribution in [2.75, 3.05) is 35.8 Å². The number of nitrogens with zero attached hydrogens (tertiary/aromatic N) is 6. The fourth-order valence-electron chi connectivity index (χ4n) is 8.68. The van der Waals surface area contributed by atoms with Crippen LogP contribution in [0.15, 0.2) is 249 Å². The normalized spacial score (nSPS) is 9.10. The minimum Gasteiger partial charge on any atom is -0.477 e. The number of aromatic carboxylic acids is 4. The van der Waals surface area contributed by atoms with Crippen molar-refractivity contribution in [3.05, 3.63) is 301 Å². The number of nitrogens with two attached hydrogens (primary N) is 5. The molecule has 0 unspecified atom stereocenters. The first-order chi connectivity index (χ1) is 55.5. The first-order valence-corrected chi connectivity index (χ1v) is 36.1. The van der Waals surface area contributed by atoms with Gasteiger partial charge in [-0.15, -0.1) is 0 Å². The number of aryl methyl sites for hydroxylation is 2. The molecule has 615 valence electrons. The summed E-state index contributed by atoms with van der Waals surface area (Å²) in [6, 6.07) is 74.3. The number of carbonyl (C=O) groups excluding carboxylic acids is 6. The van der Waals surface area contributed by atoms with Crippen molar-refractivity contribution < 1.29 is 106 Å². The summed E-state index contributed by atoms with van der Waals surface area (Å²) < 4.78 is 4.02. The number of anilines is 5. The van der Waals surface area contributed by atoms with Crippen LogP contribution in [0.25, 0.3) is 65.4 Å². The van der Waals surface area contributed by atoms with Gasteiger partial charge in [-0.05, 0) is 129 Å². The van der Waals surface area contributed by atoms with Gasteiger partial charge in [0.15, 0.2) is 24.1 Å². The number of pyridine rings is 6. The van der Waals surface area contributed by atoms with Gasteiger partial charge in [0.1, 0.15) is 22.8 Å². The number of hydrogen-bond acceptors (Lipinski definition) is 22. The van der Waals surface area contributed by atoms with Crippen LogP contribution in [0.2, 0.25) is 0 Å². The van der Waals surface area contributed by atoms with E-state index in [9.17, 15) is 47.9 Å². The van der Waals surface area contributed by atoms with Gasteiger partial charge >= 0.3 is 29.8 Å². The van der Waals surface area contributed by atoms with Gasteiger partial charge in [-0.1, -0.05) is 189 Å². The largest absolute Gasteiger partial charge is 0.477 e. The van der Waals surface area contributed by atoms with E-state index >= 15 is 0 Å². The number of carbonyl (C=O) groups is 10. The van der Waals surface area contributed by atoms with E-state index in [4.69, 9.17) is 49.1 Å². The van der Waals surface area contributed by atoms with Crippen LogP contribution in [0.1, 0.15) is 150 Å². The molecular weight excluding hydrogens is 1580 g/mol. The van der Waals surface area contributed by atoms with Crippen molar-refractivity contribution in [1.29, 1.82) is 0 Å². The van der Waals surface area contributed by atoms with Crippen LogP contribution >= 0.6 is 0 Å². The van der Waals surface area contributed by atoms with E-state index in [1.807, 2.05) is 178 Å². The number of rotatable bonds is 8. The number of aldehydes is 2. The number of aromatic nitrogens is 6. The number of carboxylic acids is 4. The molecule has 1 radical (unpaired) electrons. The van der Waals surface area contributed by atoms with Gasteiger partial charge in [0.2, 0.25) is 5.78 Å². The van der Waals surface area contributed by atoms with E-state index in [-0.39, 0.29) is 74.5 Å². The van der Waals surface area contributed by atoms with Gasteiger partial charge in [0.05, 0.1) is 40.2 Å². The number of carboxylic acid groups (broad SMARTS) is 4. The SMILES string of the molecule is CC.CC.CC.CC.CC(=O)C(C)=O.COC(=O)C(C)=O.Cc1ccc2ccc(N)cc2n1.Cc1ccc2ccccc2n1.Nc1ccc(C=O)c(N)c1.Nc1ccc2ccc(C(=O)O)nc2c1.Nc1ccccc1C=O.O=C(O)c1ccc2ccccc2n1.O=C(O)c1ccc2ccccc2n1.O=C(O)c1ccc2ccccc2n1.[CH3-].[Y]. The number of para-hydroxylation sites is 5. The zero-order valence-electron chi connectivity index (χ0n) is 68.8. The fraction of sp³-hybridized carbons (Fsp3) is 0.154. The molecule has 118 heavy (non-hydrogen) atoms. The molecule has 0 amide bonds. The second-order valence-corrected chi connectivity index (χ2v) is 22.5. The van der Waals surface area contributed by atoms with Crippen molar-refractivity contribution in [2.24, 2.45) is 0 Å². The number of methoxy groups -OCH3 is 1. The maximum atomic E-state index is 10.6. The molecule has 0 aliphatic rings. The summed E-state index contributed by atoms with van der Waals surface area (Å²) in [5, 5.41) is 40.8. The average molecular weight is 1680 g/mol. The van der Waals surface area contributed by atoms with Crippen LogP contribution in [0.3, 0.4) is 0 Å². The molecule has 6 aromatic heterocycles. The second-order valence-electron chi connectivity index (χ2n) is 22.5. The van der Waals surface area contributed by atoms with Crippen LogP contribution in [-0.4, -0.2) is 117 Å². The molecule has 8 aromatic carbocycles. The van der Waals surface area contributed by atoms with Gasteiger partial charge in [-0.2, -0.15) is 0 Å². The summed E-state index contributed by atoms with van der Waals surface area (Å²) in [5.74, 6) is -6.14. The Balaban J connectivity index is 0. The molecule has 0 saturated carbocycles. The Morgan fingerprint density at radius 2 is 0.551 bits per heavy atom. The van der Waals surface area contributed by atoms with Crippen LogP contribution < -0.4 is 28.7 Å². The van der Waals surface area contributed by atoms with E-state index in [2.05, 4.69) is 52.8 Å². The first-order valence-electron chi connectivity index (χ1n) is 36.1. The summed E-state index contributed by atoms with van der Waals surface area (Å²) in [7, 11) is 1.17. The minimum atomic E-state index is -1.03. The van der Waals surface area contributed by atoms with Gasteiger partial charge in [0.25, 0.3) is 0 Å². The minimum absolute atomic E-state index is 0. The van der Waals surface area contributed by atoms with Gasteiger partial charge in [-0.3, -0.25) is 33.9 Å². The zero-order chi connectivity index (χ0) is 87.4. The summed E-state index contributed by atoms with van der Waals surface area (Å²) in [6.45, 7) is 23.6. The summed E-state index contributed by atoms with van der Waals surface area (Å²) in [6.07, 6.45) is 1.45. The molecule has 0 aliphatic heterocycles. The van der Waals surface area contributed by atoms with E-state index < -0.39 is 35.6 Å². The number of benzene rings is 8. The van der Waals surface area contributed by atoms with E-state index in [1.165, 1.54) is 50.6 Å². The average Bonchev–Trinajstić information content (AvgIpc) is 0.837. The molecule has 14 rings (SSSR count). The molecular formula is C91H102N11O15Y-. The Labute approximate surface area is 711 Å². The molecule has 14 N–H and O–H groups in total. The number of Topliss-reactive ketones (excluding diaryl/α,β-unsaturated/α-hetero) is 3. The Morgan fingerprint density at radius 1 is 0.305 bits per heavy atom. The fourth-order valence-corrected chi connectivity index (χ4v) is 8.68. The van der Waals surface area contributed by atoms with Crippen molar-refractivity contribution in [2.45, 2.75) is 90.0 Å². The van der Waals surface area contributed by atoms with Gasteiger partial charge in [0, 0.05) is 137 Å². The molecule has 0 bridgehead atoms. The number of fused-ring (bicyclic) bond motifs is 6. The van der Waals surface area contributed by atoms with Crippen molar-refractivity contribution in [3.63, 3.8) is 0 Å². The van der Waals surface area contributed by atoms with Crippen molar-refractivity contribution in [1.82, 2.24) is 29.9 Å². The molecule has 26 nitrogen and oxygen atoms in total. The van der Waals surface area contributed by atoms with Crippen LogP contribution in [-0.2, 0) is 56.6 Å². The number of hydrogen-bond donors (Lipinski definition) is 9. The topological polar surface area (TPSA) is 468 Å². The quantitative estimate of drug-likeness (QED) is 0.0224. The maximum Gasteiger partial charge on any atom is 0.374 e. The summed E-state index contributed by atoms with van der Waals surface area (Å²) >= 11 is 0. The van der Waals surface area contributed by atoms with Gasteiger partial charge < -0.3 is 61.3 Å². The Bertz CT molecular complexity index is 5300. The smallest absolute Gasteiger partial charge is 0.374 e. The molecule has 6 heterocycles. The number of ether oxygens (including phenoxy) is 1. The predicted octanol–water partition coefficient (Wildman–Crippen LogP) is 18.2. The van der Waals surface area contributed by atoms with E-state index in [1.54, 1.807) is 97.1 Å². The monoisotopic (exact) mass is 1680 g/mol. The number of esters is 1.